The van der Waals surface area contributed by atoms with Gasteiger partial charge in [-0.1, -0.05) is 129 Å². The maximum Gasteiger partial charge on any atom is 0.0509 e. The second-order valence-electron chi connectivity index (χ2n) is 15.1. The Bertz CT molecular complexity index is 2830. The summed E-state index contributed by atoms with van der Waals surface area (Å²) in [5, 5.41) is 2.55. The molecule has 1 aliphatic rings. The average Bonchev–Trinajstić information content (AvgIpc) is 3.65. The first-order valence-electron chi connectivity index (χ1n) is 19.1. The largest absolute Gasteiger partial charge is 0.344 e. The van der Waals surface area contributed by atoms with Crippen molar-refractivity contribution in [2.24, 2.45) is 7.05 Å². The molecule has 0 spiro atoms. The highest BCUT2D eigenvalue weighted by Crippen LogP contribution is 2.50. The molecular formula is C52H41N3. The van der Waals surface area contributed by atoms with E-state index in [2.05, 4.69) is 229 Å². The molecule has 0 bridgehead atoms. The molecule has 0 saturated carbocycles. The van der Waals surface area contributed by atoms with Gasteiger partial charge in [0.05, 0.1) is 5.52 Å². The Hall–Kier alpha value is -6.84. The van der Waals surface area contributed by atoms with Crippen molar-refractivity contribution >= 4 is 55.9 Å². The van der Waals surface area contributed by atoms with Crippen molar-refractivity contribution in [1.29, 1.82) is 0 Å². The quantitative estimate of drug-likeness (QED) is 0.163. The summed E-state index contributed by atoms with van der Waals surface area (Å²) in [6.45, 7) is 4.69. The van der Waals surface area contributed by atoms with Gasteiger partial charge in [0.15, 0.2) is 0 Å². The molecule has 10 rings (SSSR count). The number of para-hydroxylation sites is 3. The minimum absolute atomic E-state index is 0.0703. The summed E-state index contributed by atoms with van der Waals surface area (Å²) in [7, 11) is 2.16. The Kier molecular flexibility index (Phi) is 7.71. The second kappa shape index (κ2) is 12.9. The van der Waals surface area contributed by atoms with Gasteiger partial charge in [-0.15, -0.1) is 0 Å². The molecule has 8 aromatic carbocycles. The van der Waals surface area contributed by atoms with E-state index in [0.717, 1.165) is 34.1 Å². The van der Waals surface area contributed by atoms with Gasteiger partial charge in [-0.25, -0.2) is 0 Å². The third-order valence-corrected chi connectivity index (χ3v) is 11.6. The van der Waals surface area contributed by atoms with Crippen molar-refractivity contribution in [2.75, 3.05) is 9.80 Å². The topological polar surface area (TPSA) is 11.4 Å². The van der Waals surface area contributed by atoms with E-state index in [-0.39, 0.29) is 5.41 Å². The highest BCUT2D eigenvalue weighted by atomic mass is 15.1. The maximum atomic E-state index is 2.39. The van der Waals surface area contributed by atoms with Gasteiger partial charge in [-0.05, 0) is 112 Å². The zero-order valence-electron chi connectivity index (χ0n) is 31.3. The van der Waals surface area contributed by atoms with Crippen molar-refractivity contribution in [2.45, 2.75) is 19.3 Å². The number of fused-ring (bicyclic) bond motifs is 6. The minimum Gasteiger partial charge on any atom is -0.344 e. The number of aryl methyl sites for hydroxylation is 1. The van der Waals surface area contributed by atoms with Crippen LogP contribution in [0.1, 0.15) is 25.0 Å². The van der Waals surface area contributed by atoms with Crippen LogP contribution in [0.25, 0.3) is 44.1 Å². The summed E-state index contributed by atoms with van der Waals surface area (Å²) in [6.07, 6.45) is 0. The van der Waals surface area contributed by atoms with Crippen molar-refractivity contribution in [3.63, 3.8) is 0 Å². The molecule has 9 aromatic rings. The van der Waals surface area contributed by atoms with E-state index in [1.165, 1.54) is 55.2 Å². The van der Waals surface area contributed by atoms with Gasteiger partial charge < -0.3 is 14.4 Å². The van der Waals surface area contributed by atoms with Crippen molar-refractivity contribution in [3.05, 3.63) is 205 Å². The molecule has 0 radical (unpaired) electrons. The third-order valence-electron chi connectivity index (χ3n) is 11.6. The molecule has 1 aliphatic carbocycles. The smallest absolute Gasteiger partial charge is 0.0509 e. The fourth-order valence-corrected chi connectivity index (χ4v) is 8.77. The lowest BCUT2D eigenvalue weighted by atomic mass is 9.82. The number of hydrogen-bond acceptors (Lipinski definition) is 2. The number of rotatable bonds is 7. The van der Waals surface area contributed by atoms with Crippen LogP contribution in [0.3, 0.4) is 0 Å². The minimum atomic E-state index is -0.0703. The summed E-state index contributed by atoms with van der Waals surface area (Å²) in [4.78, 5) is 4.72. The maximum absolute atomic E-state index is 2.39. The standard InChI is InChI=1S/C52H41N3/c1-52(2)48-20-12-10-18-44(48)45-32-30-42(34-49(45)52)54(38-14-6-4-7-15-38)40-26-22-36(23-27-40)37-24-28-41(29-25-37)55(39-16-8-5-9-17-39)43-31-33-47-46-19-11-13-21-50(46)53(3)51(47)35-43/h4-35H,1-3H3. The molecule has 0 atom stereocenters. The summed E-state index contributed by atoms with van der Waals surface area (Å²) in [5.74, 6) is 0. The monoisotopic (exact) mass is 707 g/mol. The SMILES string of the molecule is Cn1c2ccccc2c2ccc(N(c3ccccc3)c3ccc(-c4ccc(N(c5ccccc5)c5ccc6c(c5)C(C)(C)c5ccccc5-6)cc4)cc3)cc21. The lowest BCUT2D eigenvalue weighted by Crippen LogP contribution is -2.16. The highest BCUT2D eigenvalue weighted by molar-refractivity contribution is 6.09. The van der Waals surface area contributed by atoms with Gasteiger partial charge in [0.25, 0.3) is 0 Å². The predicted octanol–water partition coefficient (Wildman–Crippen LogP) is 14.2. The molecule has 0 fully saturated rings. The second-order valence-corrected chi connectivity index (χ2v) is 15.1. The van der Waals surface area contributed by atoms with Crippen LogP contribution in [0.5, 0.6) is 0 Å². The van der Waals surface area contributed by atoms with Crippen LogP contribution in [0.15, 0.2) is 194 Å². The van der Waals surface area contributed by atoms with E-state index in [9.17, 15) is 0 Å². The van der Waals surface area contributed by atoms with Gasteiger partial charge in [-0.3, -0.25) is 0 Å². The van der Waals surface area contributed by atoms with Gasteiger partial charge in [0, 0.05) is 62.9 Å². The fraction of sp³-hybridized carbons (Fsp3) is 0.0769. The first-order chi connectivity index (χ1) is 27.0. The van der Waals surface area contributed by atoms with E-state index in [1.54, 1.807) is 0 Å². The van der Waals surface area contributed by atoms with Crippen LogP contribution >= 0.6 is 0 Å². The van der Waals surface area contributed by atoms with Gasteiger partial charge in [0.2, 0.25) is 0 Å². The highest BCUT2D eigenvalue weighted by Gasteiger charge is 2.35. The van der Waals surface area contributed by atoms with E-state index in [1.807, 2.05) is 0 Å². The summed E-state index contributed by atoms with van der Waals surface area (Å²) in [6, 6.07) is 70.6. The van der Waals surface area contributed by atoms with Crippen LogP contribution in [0, 0.1) is 0 Å². The van der Waals surface area contributed by atoms with Crippen LogP contribution in [0.2, 0.25) is 0 Å². The van der Waals surface area contributed by atoms with Crippen LogP contribution in [0.4, 0.5) is 34.1 Å². The Labute approximate surface area is 323 Å². The summed E-state index contributed by atoms with van der Waals surface area (Å²) < 4.78 is 2.30. The molecule has 3 nitrogen and oxygen atoms in total. The van der Waals surface area contributed by atoms with Gasteiger partial charge in [-0.2, -0.15) is 0 Å². The molecule has 0 unspecified atom stereocenters. The van der Waals surface area contributed by atoms with E-state index < -0.39 is 0 Å². The van der Waals surface area contributed by atoms with Crippen LogP contribution in [-0.4, -0.2) is 4.57 Å². The zero-order chi connectivity index (χ0) is 37.1. The molecule has 0 N–H and O–H groups in total. The first kappa shape index (κ1) is 32.8. The van der Waals surface area contributed by atoms with Crippen LogP contribution in [-0.2, 0) is 12.5 Å². The molecule has 3 heteroatoms. The number of nitrogens with zero attached hydrogens (tertiary/aromatic N) is 3. The molecule has 264 valence electrons. The van der Waals surface area contributed by atoms with Gasteiger partial charge >= 0.3 is 0 Å². The zero-order valence-corrected chi connectivity index (χ0v) is 31.3. The number of aromatic nitrogens is 1. The van der Waals surface area contributed by atoms with E-state index >= 15 is 0 Å². The fourth-order valence-electron chi connectivity index (χ4n) is 8.77. The van der Waals surface area contributed by atoms with Crippen molar-refractivity contribution < 1.29 is 0 Å². The molecule has 1 heterocycles. The number of anilines is 6. The summed E-state index contributed by atoms with van der Waals surface area (Å²) in [5.41, 5.74) is 16.9. The Morgan fingerprint density at radius 1 is 0.364 bits per heavy atom. The lowest BCUT2D eigenvalue weighted by molar-refractivity contribution is 0.660. The van der Waals surface area contributed by atoms with E-state index in [0.29, 0.717) is 0 Å². The lowest BCUT2D eigenvalue weighted by Gasteiger charge is -2.28. The molecule has 0 amide bonds. The Morgan fingerprint density at radius 3 is 1.45 bits per heavy atom. The van der Waals surface area contributed by atoms with Crippen LogP contribution < -0.4 is 9.80 Å². The van der Waals surface area contributed by atoms with Gasteiger partial charge in [0.1, 0.15) is 0 Å². The Morgan fingerprint density at radius 2 is 0.818 bits per heavy atom. The summed E-state index contributed by atoms with van der Waals surface area (Å²) >= 11 is 0. The number of hydrogen-bond donors (Lipinski definition) is 0. The number of benzene rings is 8. The molecule has 55 heavy (non-hydrogen) atoms. The van der Waals surface area contributed by atoms with Crippen molar-refractivity contribution in [1.82, 2.24) is 4.57 Å². The molecule has 0 aliphatic heterocycles. The predicted molar refractivity (Wildman–Crippen MR) is 233 cm³/mol. The average molecular weight is 708 g/mol. The third kappa shape index (κ3) is 5.42. The first-order valence-corrected chi connectivity index (χ1v) is 19.1. The molecule has 1 aromatic heterocycles. The normalized spacial score (nSPS) is 12.8. The van der Waals surface area contributed by atoms with Crippen molar-refractivity contribution in [3.8, 4) is 22.3 Å². The molecular weight excluding hydrogens is 667 g/mol. The molecule has 0 saturated heterocycles. The van der Waals surface area contributed by atoms with E-state index in [4.69, 9.17) is 0 Å². The Balaban J connectivity index is 0.992.